The van der Waals surface area contributed by atoms with E-state index in [9.17, 15) is 63.0 Å². The van der Waals surface area contributed by atoms with Crippen LogP contribution in [-0.4, -0.2) is 122 Å². The maximum absolute atomic E-state index is 14.7. The van der Waals surface area contributed by atoms with Crippen molar-refractivity contribution >= 4 is 54.3 Å². The largest absolute Gasteiger partial charge is 0.547 e. The number of aromatic carboxylic acids is 1. The van der Waals surface area contributed by atoms with Gasteiger partial charge >= 0.3 is 30.9 Å². The fourth-order valence-electron chi connectivity index (χ4n) is 6.84. The Kier molecular flexibility index (Phi) is 11.2. The van der Waals surface area contributed by atoms with Gasteiger partial charge in [0.2, 0.25) is 5.91 Å². The number of hydrogen-bond donors (Lipinski definition) is 7. The summed E-state index contributed by atoms with van der Waals surface area (Å²) in [6, 6.07) is 5.13. The molecule has 0 bridgehead atoms. The number of nitrogens with zero attached hydrogens (tertiary/aromatic N) is 3. The third-order valence-electron chi connectivity index (χ3n) is 9.82. The summed E-state index contributed by atoms with van der Waals surface area (Å²) in [6.07, 6.45) is 0.683. The Morgan fingerprint density at radius 1 is 0.946 bits per heavy atom. The topological polar surface area (TPSA) is 247 Å². The van der Waals surface area contributed by atoms with Crippen LogP contribution < -0.4 is 15.3 Å². The number of nitrogens with one attached hydrogen (secondary N) is 2. The molecule has 0 aromatic heterocycles. The van der Waals surface area contributed by atoms with Crippen molar-refractivity contribution in [2.45, 2.75) is 31.2 Å². The normalized spacial score (nSPS) is 17.9. The molecule has 3 aromatic carbocycles. The second kappa shape index (κ2) is 15.9. The monoisotopic (exact) mass is 799 g/mol. The van der Waals surface area contributed by atoms with Crippen molar-refractivity contribution in [3.8, 4) is 23.0 Å². The summed E-state index contributed by atoms with van der Waals surface area (Å²) >= 11 is 6.16. The number of hydrogen-bond acceptors (Lipinski definition) is 11. The van der Waals surface area contributed by atoms with E-state index in [1.807, 2.05) is 0 Å². The fourth-order valence-corrected chi connectivity index (χ4v) is 7.09. The molecule has 3 aromatic rings. The molecule has 6 amide bonds. The molecule has 21 heteroatoms. The third kappa shape index (κ3) is 7.83. The number of carboxylic acids is 1. The van der Waals surface area contributed by atoms with Crippen LogP contribution in [0.25, 0.3) is 0 Å². The molecule has 1 unspecified atom stereocenters. The number of carboxylic acid groups (broad SMARTS) is 1. The number of carbonyl (C=O) groups excluding carboxylic acids is 5. The minimum absolute atomic E-state index is 0.0441. The van der Waals surface area contributed by atoms with Gasteiger partial charge in [-0.15, -0.1) is 0 Å². The first-order valence-electron chi connectivity index (χ1n) is 17.1. The summed E-state index contributed by atoms with van der Waals surface area (Å²) in [5, 5.41) is 53.6. The Labute approximate surface area is 321 Å². The van der Waals surface area contributed by atoms with Gasteiger partial charge in [0, 0.05) is 43.9 Å². The van der Waals surface area contributed by atoms with Crippen molar-refractivity contribution in [3.05, 3.63) is 81.4 Å². The number of phenolic OH excluding ortho intramolecular Hbond substituents is 3. The average Bonchev–Trinajstić information content (AvgIpc) is 3.16. The van der Waals surface area contributed by atoms with Gasteiger partial charge in [-0.2, -0.15) is 0 Å². The van der Waals surface area contributed by atoms with Crippen LogP contribution in [0.1, 0.15) is 50.7 Å². The Hall–Kier alpha value is -6.15. The van der Waals surface area contributed by atoms with Crippen LogP contribution in [0.2, 0.25) is 5.02 Å². The number of amides is 6. The highest BCUT2D eigenvalue weighted by Crippen LogP contribution is 2.41. The molecule has 0 aliphatic carbocycles. The van der Waals surface area contributed by atoms with Crippen molar-refractivity contribution in [2.75, 3.05) is 32.7 Å². The Morgan fingerprint density at radius 3 is 2.34 bits per heavy atom. The van der Waals surface area contributed by atoms with Gasteiger partial charge in [-0.05, 0) is 61.1 Å². The lowest BCUT2D eigenvalue weighted by atomic mass is 9.72. The quantitative estimate of drug-likeness (QED) is 0.0975. The van der Waals surface area contributed by atoms with Crippen LogP contribution in [0.4, 0.5) is 13.6 Å². The highest BCUT2D eigenvalue weighted by Gasteiger charge is 2.43. The van der Waals surface area contributed by atoms with E-state index in [1.54, 1.807) is 17.0 Å². The second-order valence-corrected chi connectivity index (χ2v) is 13.8. The molecule has 3 heterocycles. The second-order valence-electron chi connectivity index (χ2n) is 13.4. The Morgan fingerprint density at radius 2 is 1.66 bits per heavy atom. The zero-order valence-electron chi connectivity index (χ0n) is 29.1. The van der Waals surface area contributed by atoms with Crippen molar-refractivity contribution < 1.29 is 67.7 Å². The lowest BCUT2D eigenvalue weighted by Crippen LogP contribution is -2.60. The maximum Gasteiger partial charge on any atom is 0.547 e. The molecule has 2 atom stereocenters. The molecule has 294 valence electrons. The van der Waals surface area contributed by atoms with Crippen molar-refractivity contribution in [2.24, 2.45) is 5.92 Å². The molecule has 3 aliphatic rings. The van der Waals surface area contributed by atoms with Gasteiger partial charge in [0.1, 0.15) is 28.9 Å². The van der Waals surface area contributed by atoms with Crippen LogP contribution in [0, 0.1) is 17.6 Å². The molecule has 0 saturated carbocycles. The number of imide groups is 1. The summed E-state index contributed by atoms with van der Waals surface area (Å²) in [6.45, 7) is 0.438. The molecule has 2 saturated heterocycles. The SMILES string of the molecule is O=C(O)c1c(F)ccc2c1OB(O)[C@@H](NC(=O)C(NC(=O)N1CCN(CC3CCN(C(=O)c4cccc(O)c4)CC3)C(=O)C1=O)c1cc(F)c(O)c(O)c1Cl)C2. The number of benzene rings is 3. The molecule has 0 radical (unpaired) electrons. The molecule has 17 nitrogen and oxygen atoms in total. The number of rotatable bonds is 8. The van der Waals surface area contributed by atoms with Gasteiger partial charge in [0.05, 0.1) is 11.0 Å². The highest BCUT2D eigenvalue weighted by molar-refractivity contribution is 6.47. The Balaban J connectivity index is 1.13. The van der Waals surface area contributed by atoms with Crippen LogP contribution in [-0.2, 0) is 20.8 Å². The third-order valence-corrected chi connectivity index (χ3v) is 10.2. The molecule has 2 fully saturated rings. The number of phenols is 3. The van der Waals surface area contributed by atoms with Gasteiger partial charge in [0.25, 0.3) is 5.91 Å². The summed E-state index contributed by atoms with van der Waals surface area (Å²) in [7, 11) is -1.97. The van der Waals surface area contributed by atoms with E-state index in [1.165, 1.54) is 17.0 Å². The van der Waals surface area contributed by atoms with E-state index in [-0.39, 0.29) is 49.2 Å². The van der Waals surface area contributed by atoms with Gasteiger partial charge in [0.15, 0.2) is 17.3 Å². The fraction of sp³-hybridized carbons (Fsp3) is 0.314. The predicted molar refractivity (Wildman–Crippen MR) is 189 cm³/mol. The zero-order chi connectivity index (χ0) is 40.6. The van der Waals surface area contributed by atoms with E-state index in [0.29, 0.717) is 42.5 Å². The smallest absolute Gasteiger partial charge is 0.534 e. The first-order chi connectivity index (χ1) is 26.5. The van der Waals surface area contributed by atoms with Crippen LogP contribution in [0.5, 0.6) is 23.0 Å². The van der Waals surface area contributed by atoms with E-state index in [4.69, 9.17) is 16.3 Å². The molecule has 6 rings (SSSR count). The van der Waals surface area contributed by atoms with Gasteiger partial charge in [-0.3, -0.25) is 24.1 Å². The molecule has 7 N–H and O–H groups in total. The summed E-state index contributed by atoms with van der Waals surface area (Å²) in [5.74, 6) is -12.5. The first kappa shape index (κ1) is 39.5. The van der Waals surface area contributed by atoms with Crippen LogP contribution in [0.15, 0.2) is 42.5 Å². The van der Waals surface area contributed by atoms with Crippen LogP contribution >= 0.6 is 11.6 Å². The van der Waals surface area contributed by atoms with Gasteiger partial charge in [-0.1, -0.05) is 23.7 Å². The number of likely N-dealkylation sites (tertiary alicyclic amines) is 1. The maximum atomic E-state index is 14.7. The number of aromatic hydroxyl groups is 3. The highest BCUT2D eigenvalue weighted by atomic mass is 35.5. The standard InChI is InChI=1S/C35H33BClF2N5O12/c37-25-20(14-22(39)27(46)28(25)47)26(30(48)40-23-13-17-4-5-21(38)24(34(52)53)29(17)56-36(23)55)41-35(54)44-11-10-43(32(50)33(44)51)15-16-6-8-42(9-7-16)31(49)18-2-1-3-19(45)12-18/h1-5,12,14,16,23,26,45-47,55H,6-11,13,15H2,(H,40,48)(H,41,54)(H,52,53)/t23-,26?/m0/s1. The predicted octanol–water partition coefficient (Wildman–Crippen LogP) is 1.55. The average molecular weight is 800 g/mol. The Bertz CT molecular complexity index is 2140. The zero-order valence-corrected chi connectivity index (χ0v) is 29.8. The number of halogens is 3. The molecular formula is C35H33BClF2N5O12. The number of urea groups is 1. The number of piperidine rings is 1. The number of fused-ring (bicyclic) bond motifs is 1. The molecule has 56 heavy (non-hydrogen) atoms. The molecular weight excluding hydrogens is 767 g/mol. The number of piperazine rings is 1. The van der Waals surface area contributed by atoms with Gasteiger partial charge < -0.3 is 50.5 Å². The van der Waals surface area contributed by atoms with E-state index in [2.05, 4.69) is 10.6 Å². The summed E-state index contributed by atoms with van der Waals surface area (Å²) < 4.78 is 34.1. The number of carbonyl (C=O) groups is 6. The summed E-state index contributed by atoms with van der Waals surface area (Å²) in [4.78, 5) is 81.7. The lowest BCUT2D eigenvalue weighted by molar-refractivity contribution is -0.154. The van der Waals surface area contributed by atoms with E-state index >= 15 is 0 Å². The minimum atomic E-state index is -2.05. The van der Waals surface area contributed by atoms with Crippen molar-refractivity contribution in [1.29, 1.82) is 0 Å². The van der Waals surface area contributed by atoms with Crippen LogP contribution in [0.3, 0.4) is 0 Å². The van der Waals surface area contributed by atoms with Crippen molar-refractivity contribution in [3.63, 3.8) is 0 Å². The van der Waals surface area contributed by atoms with Gasteiger partial charge in [-0.25, -0.2) is 18.4 Å². The van der Waals surface area contributed by atoms with Crippen molar-refractivity contribution in [1.82, 2.24) is 25.3 Å². The first-order valence-corrected chi connectivity index (χ1v) is 17.5. The van der Waals surface area contributed by atoms with E-state index < -0.39 is 93.9 Å². The van der Waals surface area contributed by atoms with E-state index in [0.717, 1.165) is 12.1 Å². The minimum Gasteiger partial charge on any atom is -0.534 e. The lowest BCUT2D eigenvalue weighted by Gasteiger charge is -2.38. The molecule has 0 spiro atoms. The molecule has 3 aliphatic heterocycles. The summed E-state index contributed by atoms with van der Waals surface area (Å²) in [5.41, 5.74) is -1.08.